The van der Waals surface area contributed by atoms with Crippen molar-refractivity contribution in [3.05, 3.63) is 99.0 Å². The van der Waals surface area contributed by atoms with Gasteiger partial charge in [-0.05, 0) is 47.4 Å². The molecular weight excluding hydrogens is 527 g/mol. The summed E-state index contributed by atoms with van der Waals surface area (Å²) in [6.45, 7) is 0.846. The number of likely N-dealkylation sites (tertiary alicyclic amines) is 1. The van der Waals surface area contributed by atoms with Crippen LogP contribution in [-0.2, 0) is 23.9 Å². The first-order valence-corrected chi connectivity index (χ1v) is 13.0. The highest BCUT2D eigenvalue weighted by Crippen LogP contribution is 2.61. The maximum Gasteiger partial charge on any atom is 0.329 e. The lowest BCUT2D eigenvalue weighted by atomic mass is 9.55. The number of anilines is 1. The van der Waals surface area contributed by atoms with E-state index in [4.69, 9.17) is 27.9 Å². The molecule has 7 rings (SSSR count). The van der Waals surface area contributed by atoms with Gasteiger partial charge >= 0.3 is 5.97 Å². The number of benzene rings is 3. The van der Waals surface area contributed by atoms with Crippen molar-refractivity contribution in [1.29, 1.82) is 0 Å². The van der Waals surface area contributed by atoms with Gasteiger partial charge in [0.2, 0.25) is 11.8 Å². The molecule has 3 aliphatic carbocycles. The minimum atomic E-state index is -1.18. The van der Waals surface area contributed by atoms with Crippen LogP contribution in [0, 0.1) is 11.8 Å². The summed E-state index contributed by atoms with van der Waals surface area (Å²) in [5.41, 5.74) is 4.51. The van der Waals surface area contributed by atoms with Crippen molar-refractivity contribution in [2.24, 2.45) is 11.8 Å². The van der Waals surface area contributed by atoms with Crippen LogP contribution in [0.3, 0.4) is 0 Å². The third-order valence-electron chi connectivity index (χ3n) is 7.76. The average molecular weight is 549 g/mol. The van der Waals surface area contributed by atoms with Gasteiger partial charge in [-0.3, -0.25) is 19.3 Å². The molecule has 3 aromatic rings. The molecule has 1 fully saturated rings. The number of nitrogens with one attached hydrogen (secondary N) is 1. The monoisotopic (exact) mass is 548 g/mol. The topological polar surface area (TPSA) is 92.8 Å². The SMILES string of the molecule is C[C@H](C(=O)OCC(=O)Nc1ccc(Cl)cc1Cl)N1C(=O)[C@@H]2C3c4ccccc4C(c4ccccc43)[C@H]2C1=O. The number of hydrogen-bond acceptors (Lipinski definition) is 5. The van der Waals surface area contributed by atoms with Gasteiger partial charge in [0.15, 0.2) is 6.61 Å². The highest BCUT2D eigenvalue weighted by Gasteiger charge is 2.62. The van der Waals surface area contributed by atoms with Crippen molar-refractivity contribution >= 4 is 52.6 Å². The number of esters is 1. The molecule has 1 N–H and O–H groups in total. The fraction of sp³-hybridized carbons (Fsp3) is 0.241. The van der Waals surface area contributed by atoms with E-state index < -0.39 is 36.4 Å². The molecule has 0 unspecified atom stereocenters. The molecule has 3 aromatic carbocycles. The van der Waals surface area contributed by atoms with Crippen LogP contribution < -0.4 is 5.32 Å². The Labute approximate surface area is 228 Å². The Balaban J connectivity index is 1.21. The summed E-state index contributed by atoms with van der Waals surface area (Å²) in [4.78, 5) is 53.8. The highest BCUT2D eigenvalue weighted by atomic mass is 35.5. The van der Waals surface area contributed by atoms with Crippen LogP contribution in [0.2, 0.25) is 10.0 Å². The van der Waals surface area contributed by atoms with E-state index in [2.05, 4.69) is 5.32 Å². The maximum atomic E-state index is 13.7. The Kier molecular flexibility index (Phi) is 6.00. The lowest BCUT2D eigenvalue weighted by molar-refractivity contribution is -0.159. The van der Waals surface area contributed by atoms with Gasteiger partial charge in [0, 0.05) is 16.9 Å². The summed E-state index contributed by atoms with van der Waals surface area (Å²) >= 11 is 11.9. The van der Waals surface area contributed by atoms with Crippen molar-refractivity contribution in [3.8, 4) is 0 Å². The van der Waals surface area contributed by atoms with Gasteiger partial charge in [-0.1, -0.05) is 71.7 Å². The van der Waals surface area contributed by atoms with E-state index in [1.54, 1.807) is 6.07 Å². The van der Waals surface area contributed by atoms with Gasteiger partial charge in [0.1, 0.15) is 6.04 Å². The summed E-state index contributed by atoms with van der Waals surface area (Å²) in [6, 6.07) is 19.2. The Bertz CT molecular complexity index is 1410. The van der Waals surface area contributed by atoms with Crippen molar-refractivity contribution in [1.82, 2.24) is 4.90 Å². The summed E-state index contributed by atoms with van der Waals surface area (Å²) in [7, 11) is 0. The van der Waals surface area contributed by atoms with Crippen LogP contribution in [0.4, 0.5) is 5.69 Å². The molecule has 3 atom stereocenters. The Hall–Kier alpha value is -3.68. The summed E-state index contributed by atoms with van der Waals surface area (Å²) in [6.07, 6.45) is 0. The zero-order chi connectivity index (χ0) is 26.7. The standard InChI is InChI=1S/C29H22Cl2N2O5/c1-14(29(37)38-13-22(34)32-21-11-10-15(30)12-20(21)31)33-27(35)25-23-16-6-2-3-7-17(16)24(26(25)28(33)36)19-9-5-4-8-18(19)23/h2-12,14,23-26H,13H2,1H3,(H,32,34)/t14-,23?,24?,25-,26-/m1/s1. The second-order valence-corrected chi connectivity index (χ2v) is 10.6. The van der Waals surface area contributed by atoms with E-state index in [9.17, 15) is 19.2 Å². The predicted molar refractivity (Wildman–Crippen MR) is 141 cm³/mol. The second-order valence-electron chi connectivity index (χ2n) is 9.77. The molecule has 9 heteroatoms. The smallest absolute Gasteiger partial charge is 0.329 e. The van der Waals surface area contributed by atoms with E-state index >= 15 is 0 Å². The van der Waals surface area contributed by atoms with Crippen LogP contribution in [0.25, 0.3) is 0 Å². The van der Waals surface area contributed by atoms with Gasteiger partial charge < -0.3 is 10.1 Å². The summed E-state index contributed by atoms with van der Waals surface area (Å²) in [5.74, 6) is -3.96. The van der Waals surface area contributed by atoms with Crippen molar-refractivity contribution < 1.29 is 23.9 Å². The minimum Gasteiger partial charge on any atom is -0.454 e. The zero-order valence-corrected chi connectivity index (χ0v) is 21.7. The molecule has 1 heterocycles. The number of imide groups is 1. The quantitative estimate of drug-likeness (QED) is 0.366. The molecule has 3 amide bonds. The van der Waals surface area contributed by atoms with Crippen LogP contribution in [0.5, 0.6) is 0 Å². The van der Waals surface area contributed by atoms with Gasteiger partial charge in [0.05, 0.1) is 22.5 Å². The molecule has 0 saturated carbocycles. The lowest BCUT2D eigenvalue weighted by Gasteiger charge is -2.45. The number of hydrogen-bond donors (Lipinski definition) is 1. The minimum absolute atomic E-state index is 0.234. The van der Waals surface area contributed by atoms with Crippen molar-refractivity contribution in [2.75, 3.05) is 11.9 Å². The largest absolute Gasteiger partial charge is 0.454 e. The number of carbonyl (C=O) groups is 4. The Morgan fingerprint density at radius 1 is 0.868 bits per heavy atom. The van der Waals surface area contributed by atoms with Gasteiger partial charge in [-0.25, -0.2) is 4.79 Å². The van der Waals surface area contributed by atoms with Crippen LogP contribution in [0.15, 0.2) is 66.7 Å². The predicted octanol–water partition coefficient (Wildman–Crippen LogP) is 4.76. The first-order valence-electron chi connectivity index (χ1n) is 12.2. The molecular formula is C29H22Cl2N2O5. The van der Waals surface area contributed by atoms with Gasteiger partial charge in [-0.2, -0.15) is 0 Å². The van der Waals surface area contributed by atoms with E-state index in [0.717, 1.165) is 27.2 Å². The van der Waals surface area contributed by atoms with E-state index in [-0.39, 0.29) is 28.7 Å². The lowest BCUT2D eigenvalue weighted by Crippen LogP contribution is -2.45. The second kappa shape index (κ2) is 9.26. The number of ether oxygens (including phenoxy) is 1. The van der Waals surface area contributed by atoms with Crippen LogP contribution in [0.1, 0.15) is 41.0 Å². The Morgan fingerprint density at radius 3 is 1.84 bits per heavy atom. The fourth-order valence-corrected chi connectivity index (χ4v) is 6.68. The number of halogens is 2. The number of amides is 3. The van der Waals surface area contributed by atoms with Crippen molar-refractivity contribution in [3.63, 3.8) is 0 Å². The molecule has 1 aliphatic heterocycles. The molecule has 4 aliphatic rings. The first-order chi connectivity index (χ1) is 18.3. The maximum absolute atomic E-state index is 13.7. The number of carbonyl (C=O) groups excluding carboxylic acids is 4. The molecule has 38 heavy (non-hydrogen) atoms. The van der Waals surface area contributed by atoms with Crippen molar-refractivity contribution in [2.45, 2.75) is 24.8 Å². The third-order valence-corrected chi connectivity index (χ3v) is 8.31. The first kappa shape index (κ1) is 24.6. The fourth-order valence-electron chi connectivity index (χ4n) is 6.22. The number of rotatable bonds is 5. The van der Waals surface area contributed by atoms with E-state index in [0.29, 0.717) is 10.7 Å². The van der Waals surface area contributed by atoms with Crippen LogP contribution >= 0.6 is 23.2 Å². The average Bonchev–Trinajstić information content (AvgIpc) is 3.18. The number of nitrogens with zero attached hydrogens (tertiary/aromatic N) is 1. The highest BCUT2D eigenvalue weighted by molar-refractivity contribution is 6.36. The van der Waals surface area contributed by atoms with E-state index in [1.165, 1.54) is 19.1 Å². The summed E-state index contributed by atoms with van der Waals surface area (Å²) < 4.78 is 5.19. The molecule has 0 aromatic heterocycles. The van der Waals surface area contributed by atoms with Gasteiger partial charge in [-0.15, -0.1) is 0 Å². The normalized spacial score (nSPS) is 23.4. The molecule has 1 saturated heterocycles. The molecule has 2 bridgehead atoms. The Morgan fingerprint density at radius 2 is 1.37 bits per heavy atom. The third kappa shape index (κ3) is 3.72. The van der Waals surface area contributed by atoms with Gasteiger partial charge in [0.25, 0.3) is 5.91 Å². The molecule has 0 radical (unpaired) electrons. The molecule has 7 nitrogen and oxygen atoms in total. The zero-order valence-electron chi connectivity index (χ0n) is 20.2. The molecule has 0 spiro atoms. The summed E-state index contributed by atoms with van der Waals surface area (Å²) in [5, 5.41) is 3.19. The molecule has 192 valence electrons. The van der Waals surface area contributed by atoms with E-state index in [1.807, 2.05) is 48.5 Å². The van der Waals surface area contributed by atoms with Crippen LogP contribution in [-0.4, -0.2) is 41.2 Å².